The lowest BCUT2D eigenvalue weighted by Gasteiger charge is -2.32. The van der Waals surface area contributed by atoms with Gasteiger partial charge >= 0.3 is 0 Å². The molecule has 1 aromatic heterocycles. The minimum absolute atomic E-state index is 0.889. The van der Waals surface area contributed by atoms with Crippen LogP contribution in [0.15, 0.2) is 6.20 Å². The summed E-state index contributed by atoms with van der Waals surface area (Å²) >= 11 is 0. The first kappa shape index (κ1) is 16.3. The number of nitrogens with zero attached hydrogens (tertiary/aromatic N) is 5. The lowest BCUT2D eigenvalue weighted by molar-refractivity contribution is 0.152. The molecule has 1 saturated heterocycles. The van der Waals surface area contributed by atoms with Crippen LogP contribution in [0.25, 0.3) is 0 Å². The molecule has 2 heterocycles. The molecule has 0 aliphatic carbocycles. The molecule has 0 bridgehead atoms. The maximum atomic E-state index is 4.43. The van der Waals surface area contributed by atoms with Crippen molar-refractivity contribution in [3.05, 3.63) is 11.9 Å². The first-order valence-corrected chi connectivity index (χ1v) is 7.87. The van der Waals surface area contributed by atoms with E-state index in [0.717, 1.165) is 19.0 Å². The van der Waals surface area contributed by atoms with Gasteiger partial charge < -0.3 is 24.6 Å². The molecule has 0 saturated carbocycles. The van der Waals surface area contributed by atoms with Crippen LogP contribution in [0.4, 0.5) is 5.95 Å². The van der Waals surface area contributed by atoms with Gasteiger partial charge in [-0.05, 0) is 26.6 Å². The average molecular weight is 294 g/mol. The summed E-state index contributed by atoms with van der Waals surface area (Å²) in [6, 6.07) is 0. The van der Waals surface area contributed by atoms with Crippen LogP contribution in [0.3, 0.4) is 0 Å². The molecule has 0 aromatic carbocycles. The van der Waals surface area contributed by atoms with Gasteiger partial charge in [0.05, 0.1) is 11.9 Å². The Morgan fingerprint density at radius 3 is 2.52 bits per heavy atom. The molecule has 6 heteroatoms. The fraction of sp³-hybridized carbons (Fsp3) is 0.800. The third-order valence-corrected chi connectivity index (χ3v) is 4.19. The average Bonchev–Trinajstić information content (AvgIpc) is 2.82. The summed E-state index contributed by atoms with van der Waals surface area (Å²) in [5, 5.41) is 3.53. The van der Waals surface area contributed by atoms with Gasteiger partial charge in [-0.3, -0.25) is 0 Å². The largest absolute Gasteiger partial charge is 0.348 e. The molecule has 21 heavy (non-hydrogen) atoms. The van der Waals surface area contributed by atoms with Gasteiger partial charge in [-0.25, -0.2) is 4.98 Å². The molecule has 1 aromatic rings. The zero-order valence-corrected chi connectivity index (χ0v) is 14.0. The number of imidazole rings is 1. The third-order valence-electron chi connectivity index (χ3n) is 4.19. The molecule has 6 nitrogen and oxygen atoms in total. The lowest BCUT2D eigenvalue weighted by atomic mass is 10.3. The van der Waals surface area contributed by atoms with Crippen molar-refractivity contribution < 1.29 is 0 Å². The van der Waals surface area contributed by atoms with Crippen molar-refractivity contribution in [3.8, 4) is 0 Å². The number of nitrogens with one attached hydrogen (secondary N) is 1. The monoisotopic (exact) mass is 294 g/mol. The van der Waals surface area contributed by atoms with Gasteiger partial charge in [0, 0.05) is 53.9 Å². The van der Waals surface area contributed by atoms with E-state index in [1.807, 2.05) is 25.2 Å². The van der Waals surface area contributed by atoms with Crippen molar-refractivity contribution >= 4 is 5.95 Å². The van der Waals surface area contributed by atoms with E-state index in [1.165, 1.54) is 44.8 Å². The Bertz CT molecular complexity index is 420. The zero-order valence-electron chi connectivity index (χ0n) is 14.0. The maximum absolute atomic E-state index is 4.43. The van der Waals surface area contributed by atoms with Gasteiger partial charge in [0.15, 0.2) is 0 Å². The number of likely N-dealkylation sites (N-methyl/N-ethyl adjacent to an activating group) is 1. The quantitative estimate of drug-likeness (QED) is 0.728. The fourth-order valence-electron chi connectivity index (χ4n) is 2.73. The van der Waals surface area contributed by atoms with E-state index in [9.17, 15) is 0 Å². The number of hydrogen-bond acceptors (Lipinski definition) is 5. The van der Waals surface area contributed by atoms with Gasteiger partial charge in [0.2, 0.25) is 5.95 Å². The number of piperazine rings is 1. The molecule has 1 aliphatic heterocycles. The first-order valence-electron chi connectivity index (χ1n) is 7.87. The molecule has 1 fully saturated rings. The molecule has 0 radical (unpaired) electrons. The van der Waals surface area contributed by atoms with Crippen molar-refractivity contribution in [2.45, 2.75) is 13.0 Å². The number of hydrogen-bond donors (Lipinski definition) is 1. The highest BCUT2D eigenvalue weighted by molar-refractivity contribution is 5.30. The molecule has 120 valence electrons. The topological polar surface area (TPSA) is 39.6 Å². The first-order chi connectivity index (χ1) is 10.1. The summed E-state index contributed by atoms with van der Waals surface area (Å²) in [7, 11) is 8.32. The second kappa shape index (κ2) is 7.77. The lowest BCUT2D eigenvalue weighted by Crippen LogP contribution is -2.45. The highest BCUT2D eigenvalue weighted by Crippen LogP contribution is 2.10. The van der Waals surface area contributed by atoms with Crippen LogP contribution < -0.4 is 10.2 Å². The Hall–Kier alpha value is -1.11. The Kier molecular flexibility index (Phi) is 6.02. The number of anilines is 1. The van der Waals surface area contributed by atoms with Crippen LogP contribution in [0.5, 0.6) is 0 Å². The van der Waals surface area contributed by atoms with Crippen LogP contribution in [-0.4, -0.2) is 79.8 Å². The smallest absolute Gasteiger partial charge is 0.204 e. The Morgan fingerprint density at radius 2 is 1.90 bits per heavy atom. The van der Waals surface area contributed by atoms with Gasteiger partial charge in [0.25, 0.3) is 0 Å². The van der Waals surface area contributed by atoms with Crippen LogP contribution in [-0.2, 0) is 13.6 Å². The van der Waals surface area contributed by atoms with E-state index in [0.29, 0.717) is 0 Å². The van der Waals surface area contributed by atoms with Gasteiger partial charge in [-0.2, -0.15) is 0 Å². The van der Waals surface area contributed by atoms with E-state index in [2.05, 4.69) is 38.8 Å². The minimum atomic E-state index is 0.889. The van der Waals surface area contributed by atoms with E-state index in [4.69, 9.17) is 0 Å². The second-order valence-electron chi connectivity index (χ2n) is 6.18. The van der Waals surface area contributed by atoms with E-state index >= 15 is 0 Å². The van der Waals surface area contributed by atoms with Gasteiger partial charge in [-0.1, -0.05) is 0 Å². The summed E-state index contributed by atoms with van der Waals surface area (Å²) < 4.78 is 2.15. The summed E-state index contributed by atoms with van der Waals surface area (Å²) in [4.78, 5) is 11.4. The number of rotatable bonds is 7. The van der Waals surface area contributed by atoms with Crippen molar-refractivity contribution in [1.29, 1.82) is 0 Å². The standard InChI is InChI=1S/C15H30N6/c1-18(2)15-17-13-14(20(15)4)12-16-6-5-7-21-10-8-19(3)9-11-21/h13,16H,5-12H2,1-4H3. The van der Waals surface area contributed by atoms with Gasteiger partial charge in [0.1, 0.15) is 0 Å². The highest BCUT2D eigenvalue weighted by atomic mass is 15.3. The van der Waals surface area contributed by atoms with Crippen molar-refractivity contribution in [2.24, 2.45) is 7.05 Å². The summed E-state index contributed by atoms with van der Waals surface area (Å²) in [5.74, 6) is 1.00. The minimum Gasteiger partial charge on any atom is -0.348 e. The van der Waals surface area contributed by atoms with Crippen LogP contribution in [0.1, 0.15) is 12.1 Å². The number of aromatic nitrogens is 2. The van der Waals surface area contributed by atoms with Crippen LogP contribution in [0, 0.1) is 0 Å². The summed E-state index contributed by atoms with van der Waals surface area (Å²) in [6.07, 6.45) is 3.17. The molecule has 1 N–H and O–H groups in total. The van der Waals surface area contributed by atoms with Crippen LogP contribution >= 0.6 is 0 Å². The van der Waals surface area contributed by atoms with Gasteiger partial charge in [-0.15, -0.1) is 0 Å². The molecule has 0 spiro atoms. The molecular formula is C15H30N6. The van der Waals surface area contributed by atoms with Crippen molar-refractivity contribution in [1.82, 2.24) is 24.7 Å². The second-order valence-corrected chi connectivity index (χ2v) is 6.18. The Labute approximate surface area is 128 Å². The Morgan fingerprint density at radius 1 is 1.19 bits per heavy atom. The fourth-order valence-corrected chi connectivity index (χ4v) is 2.73. The SMILES string of the molecule is CN1CCN(CCCNCc2cnc(N(C)C)n2C)CC1. The predicted molar refractivity (Wildman–Crippen MR) is 87.8 cm³/mol. The predicted octanol–water partition coefficient (Wildman–Crippen LogP) is 0.213. The van der Waals surface area contributed by atoms with Crippen molar-refractivity contribution in [3.63, 3.8) is 0 Å². The molecule has 0 unspecified atom stereocenters. The molecular weight excluding hydrogens is 264 g/mol. The van der Waals surface area contributed by atoms with E-state index in [-0.39, 0.29) is 0 Å². The van der Waals surface area contributed by atoms with E-state index < -0.39 is 0 Å². The van der Waals surface area contributed by atoms with E-state index in [1.54, 1.807) is 0 Å². The third kappa shape index (κ3) is 4.69. The normalized spacial score (nSPS) is 17.3. The Balaban J connectivity index is 1.62. The zero-order chi connectivity index (χ0) is 15.2. The van der Waals surface area contributed by atoms with Crippen LogP contribution in [0.2, 0.25) is 0 Å². The highest BCUT2D eigenvalue weighted by Gasteiger charge is 2.12. The summed E-state index contributed by atoms with van der Waals surface area (Å²) in [5.41, 5.74) is 1.23. The molecule has 2 rings (SSSR count). The maximum Gasteiger partial charge on any atom is 0.204 e. The van der Waals surface area contributed by atoms with Crippen molar-refractivity contribution in [2.75, 3.05) is 65.3 Å². The summed E-state index contributed by atoms with van der Waals surface area (Å²) in [6.45, 7) is 7.99. The molecule has 1 aliphatic rings. The molecule has 0 amide bonds. The molecule has 0 atom stereocenters.